The first kappa shape index (κ1) is 17.9. The summed E-state index contributed by atoms with van der Waals surface area (Å²) < 4.78 is 10.5. The summed E-state index contributed by atoms with van der Waals surface area (Å²) >= 11 is 0. The zero-order chi connectivity index (χ0) is 15.8. The Balaban J connectivity index is 2.52. The normalized spacial score (nSPS) is 19.7. The molecule has 0 unspecified atom stereocenters. The van der Waals surface area contributed by atoms with E-state index in [1.165, 1.54) is 12.0 Å². The van der Waals surface area contributed by atoms with E-state index in [-0.39, 0.29) is 31.5 Å². The van der Waals surface area contributed by atoms with Crippen LogP contribution in [0.25, 0.3) is 0 Å². The molecule has 7 nitrogen and oxygen atoms in total. The lowest BCUT2D eigenvalue weighted by Gasteiger charge is -2.35. The number of hydrogen-bond donors (Lipinski definition) is 1. The second-order valence-corrected chi connectivity index (χ2v) is 5.49. The fraction of sp³-hybridized carbons (Fsp3) is 0.857. The number of ether oxygens (including phenoxy) is 2. The molecule has 0 aliphatic carbocycles. The van der Waals surface area contributed by atoms with Crippen molar-refractivity contribution in [1.29, 1.82) is 0 Å². The third-order valence-corrected chi connectivity index (χ3v) is 3.55. The van der Waals surface area contributed by atoms with Gasteiger partial charge in [0.1, 0.15) is 6.54 Å². The topological polar surface area (TPSA) is 79.3 Å². The molecule has 1 saturated heterocycles. The maximum atomic E-state index is 12.2. The third-order valence-electron chi connectivity index (χ3n) is 3.55. The minimum Gasteiger partial charge on any atom is -0.480 e. The Morgan fingerprint density at radius 2 is 2.19 bits per heavy atom. The molecule has 21 heavy (non-hydrogen) atoms. The van der Waals surface area contributed by atoms with Crippen LogP contribution in [-0.2, 0) is 19.1 Å². The highest BCUT2D eigenvalue weighted by atomic mass is 16.5. The van der Waals surface area contributed by atoms with Gasteiger partial charge < -0.3 is 19.5 Å². The summed E-state index contributed by atoms with van der Waals surface area (Å²) in [6.07, 6.45) is 0.0349. The zero-order valence-electron chi connectivity index (χ0n) is 13.1. The summed E-state index contributed by atoms with van der Waals surface area (Å²) in [4.78, 5) is 26.6. The van der Waals surface area contributed by atoms with E-state index < -0.39 is 5.97 Å². The van der Waals surface area contributed by atoms with E-state index in [1.54, 1.807) is 0 Å². The van der Waals surface area contributed by atoms with E-state index in [0.717, 1.165) is 6.54 Å². The van der Waals surface area contributed by atoms with E-state index in [9.17, 15) is 9.59 Å². The Kier molecular flexibility index (Phi) is 7.63. The van der Waals surface area contributed by atoms with Gasteiger partial charge in [-0.05, 0) is 13.8 Å². The maximum absolute atomic E-state index is 12.2. The number of carboxylic acid groups (broad SMARTS) is 1. The molecular formula is C14H26N2O5. The number of carboxylic acids is 1. The minimum absolute atomic E-state index is 0.174. The van der Waals surface area contributed by atoms with Gasteiger partial charge in [-0.2, -0.15) is 0 Å². The molecule has 1 aliphatic heterocycles. The Hall–Kier alpha value is -1.18. The Morgan fingerprint density at radius 3 is 2.76 bits per heavy atom. The monoisotopic (exact) mass is 302 g/mol. The van der Waals surface area contributed by atoms with Crippen molar-refractivity contribution >= 4 is 11.9 Å². The van der Waals surface area contributed by atoms with Gasteiger partial charge in [-0.25, -0.2) is 0 Å². The molecule has 1 rings (SSSR count). The highest BCUT2D eigenvalue weighted by molar-refractivity contribution is 5.81. The first-order chi connectivity index (χ1) is 9.93. The maximum Gasteiger partial charge on any atom is 0.323 e. The summed E-state index contributed by atoms with van der Waals surface area (Å²) in [7, 11) is 1.52. The van der Waals surface area contributed by atoms with E-state index >= 15 is 0 Å². The molecule has 0 spiro atoms. The molecule has 1 aliphatic rings. The van der Waals surface area contributed by atoms with Crippen LogP contribution < -0.4 is 0 Å². The smallest absolute Gasteiger partial charge is 0.323 e. The number of hydrogen-bond acceptors (Lipinski definition) is 5. The Bertz CT molecular complexity index is 348. The fourth-order valence-electron chi connectivity index (χ4n) is 2.32. The molecule has 1 heterocycles. The lowest BCUT2D eigenvalue weighted by Crippen LogP contribution is -2.48. The number of methoxy groups -OCH3 is 1. The van der Waals surface area contributed by atoms with Gasteiger partial charge in [0, 0.05) is 32.8 Å². The van der Waals surface area contributed by atoms with Crippen LogP contribution in [0, 0.1) is 0 Å². The molecule has 7 heteroatoms. The Labute approximate surface area is 125 Å². The number of carbonyl (C=O) groups is 2. The fourth-order valence-corrected chi connectivity index (χ4v) is 2.32. The van der Waals surface area contributed by atoms with Crippen molar-refractivity contribution in [2.45, 2.75) is 32.4 Å². The van der Waals surface area contributed by atoms with E-state index in [0.29, 0.717) is 25.8 Å². The van der Waals surface area contributed by atoms with E-state index in [1.807, 2.05) is 0 Å². The van der Waals surface area contributed by atoms with E-state index in [4.69, 9.17) is 14.6 Å². The number of rotatable bonds is 8. The molecule has 0 saturated carbocycles. The molecule has 1 amide bonds. The van der Waals surface area contributed by atoms with Crippen molar-refractivity contribution < 1.29 is 24.2 Å². The minimum atomic E-state index is -1.02. The summed E-state index contributed by atoms with van der Waals surface area (Å²) in [6, 6.07) is 0.412. The average Bonchev–Trinajstić information content (AvgIpc) is 2.43. The number of carbonyl (C=O) groups excluding carboxylic acids is 1. The molecule has 1 N–H and O–H groups in total. The summed E-state index contributed by atoms with van der Waals surface area (Å²) in [5.74, 6) is -1.22. The largest absolute Gasteiger partial charge is 0.480 e. The van der Waals surface area contributed by atoms with Crippen molar-refractivity contribution in [3.63, 3.8) is 0 Å². The number of nitrogens with zero attached hydrogens (tertiary/aromatic N) is 2. The van der Waals surface area contributed by atoms with E-state index in [2.05, 4.69) is 18.7 Å². The van der Waals surface area contributed by atoms with Crippen LogP contribution in [-0.4, -0.2) is 85.4 Å². The zero-order valence-corrected chi connectivity index (χ0v) is 13.1. The predicted molar refractivity (Wildman–Crippen MR) is 77.2 cm³/mol. The first-order valence-electron chi connectivity index (χ1n) is 7.28. The highest BCUT2D eigenvalue weighted by Gasteiger charge is 2.26. The van der Waals surface area contributed by atoms with Crippen molar-refractivity contribution in [3.8, 4) is 0 Å². The lowest BCUT2D eigenvalue weighted by molar-refractivity contribution is -0.147. The second kappa shape index (κ2) is 8.96. The quantitative estimate of drug-likeness (QED) is 0.682. The van der Waals surface area contributed by atoms with Crippen LogP contribution in [0.2, 0.25) is 0 Å². The van der Waals surface area contributed by atoms with Gasteiger partial charge >= 0.3 is 5.97 Å². The Morgan fingerprint density at radius 1 is 1.48 bits per heavy atom. The molecule has 0 radical (unpaired) electrons. The molecule has 0 aromatic rings. The molecule has 122 valence electrons. The van der Waals surface area contributed by atoms with Gasteiger partial charge in [0.2, 0.25) is 5.91 Å². The van der Waals surface area contributed by atoms with Gasteiger partial charge in [-0.3, -0.25) is 14.5 Å². The SMILES string of the molecule is COCCN(CC(=O)O)C(=O)C[C@H]1CN(C(C)C)CCO1. The molecular weight excluding hydrogens is 276 g/mol. The van der Waals surface area contributed by atoms with Gasteiger partial charge in [0.15, 0.2) is 0 Å². The van der Waals surface area contributed by atoms with Crippen molar-refractivity contribution in [2.24, 2.45) is 0 Å². The molecule has 1 fully saturated rings. The van der Waals surface area contributed by atoms with Crippen LogP contribution in [0.5, 0.6) is 0 Å². The molecule has 1 atom stereocenters. The van der Waals surface area contributed by atoms with Crippen LogP contribution in [0.1, 0.15) is 20.3 Å². The third kappa shape index (κ3) is 6.41. The van der Waals surface area contributed by atoms with Crippen LogP contribution >= 0.6 is 0 Å². The van der Waals surface area contributed by atoms with Crippen molar-refractivity contribution in [2.75, 3.05) is 46.5 Å². The number of morpholine rings is 1. The van der Waals surface area contributed by atoms with Crippen LogP contribution in [0.3, 0.4) is 0 Å². The van der Waals surface area contributed by atoms with Crippen LogP contribution in [0.15, 0.2) is 0 Å². The second-order valence-electron chi connectivity index (χ2n) is 5.49. The van der Waals surface area contributed by atoms with Crippen molar-refractivity contribution in [3.05, 3.63) is 0 Å². The van der Waals surface area contributed by atoms with Gasteiger partial charge in [-0.1, -0.05) is 0 Å². The summed E-state index contributed by atoms with van der Waals surface area (Å²) in [6.45, 7) is 6.69. The van der Waals surface area contributed by atoms with Gasteiger partial charge in [0.05, 0.1) is 25.7 Å². The standard InChI is InChI=1S/C14H26N2O5/c1-11(2)15-5-7-21-12(9-15)8-13(17)16(4-6-20-3)10-14(18)19/h11-12H,4-10H2,1-3H3,(H,18,19)/t12-/m0/s1. The molecule has 0 aromatic carbocycles. The van der Waals surface area contributed by atoms with Crippen LogP contribution in [0.4, 0.5) is 0 Å². The lowest BCUT2D eigenvalue weighted by atomic mass is 10.1. The number of aliphatic carboxylic acids is 1. The average molecular weight is 302 g/mol. The van der Waals surface area contributed by atoms with Crippen molar-refractivity contribution in [1.82, 2.24) is 9.80 Å². The summed E-state index contributed by atoms with van der Waals surface area (Å²) in [5, 5.41) is 8.88. The molecule has 0 aromatic heterocycles. The predicted octanol–water partition coefficient (Wildman–Crippen LogP) is 0.0453. The number of amides is 1. The highest BCUT2D eigenvalue weighted by Crippen LogP contribution is 2.12. The first-order valence-corrected chi connectivity index (χ1v) is 7.28. The summed E-state index contributed by atoms with van der Waals surface area (Å²) in [5.41, 5.74) is 0. The van der Waals surface area contributed by atoms with Gasteiger partial charge in [-0.15, -0.1) is 0 Å². The van der Waals surface area contributed by atoms with Gasteiger partial charge in [0.25, 0.3) is 0 Å². The molecule has 0 bridgehead atoms.